The van der Waals surface area contributed by atoms with Crippen LogP contribution in [0.3, 0.4) is 0 Å². The molecule has 0 amide bonds. The molecule has 0 saturated heterocycles. The standard InChI is InChI=1S/C39H25N3S/c1-3-10-26(11-4-1)30-14-9-15-32(24-30)39-41-37(28-12-5-2-6-13-28)40-38(42-39)29-20-18-27(19-21-29)31-22-23-34-33-16-7-8-17-35(33)43-36(34)25-31/h1-25H. The van der Waals surface area contributed by atoms with Gasteiger partial charge < -0.3 is 0 Å². The van der Waals surface area contributed by atoms with E-state index in [0.29, 0.717) is 17.5 Å². The zero-order chi connectivity index (χ0) is 28.6. The summed E-state index contributed by atoms with van der Waals surface area (Å²) in [6.45, 7) is 0. The summed E-state index contributed by atoms with van der Waals surface area (Å²) in [6.07, 6.45) is 0. The molecule has 0 atom stereocenters. The van der Waals surface area contributed by atoms with Crippen LogP contribution < -0.4 is 0 Å². The molecule has 43 heavy (non-hydrogen) atoms. The second-order valence-electron chi connectivity index (χ2n) is 10.5. The van der Waals surface area contributed by atoms with Gasteiger partial charge in [0.2, 0.25) is 0 Å². The maximum absolute atomic E-state index is 4.98. The highest BCUT2D eigenvalue weighted by Gasteiger charge is 2.14. The lowest BCUT2D eigenvalue weighted by Gasteiger charge is -2.10. The van der Waals surface area contributed by atoms with E-state index in [9.17, 15) is 0 Å². The van der Waals surface area contributed by atoms with E-state index in [1.54, 1.807) is 0 Å². The van der Waals surface area contributed by atoms with E-state index in [-0.39, 0.29) is 0 Å². The molecule has 2 heterocycles. The zero-order valence-electron chi connectivity index (χ0n) is 23.2. The molecule has 0 fully saturated rings. The van der Waals surface area contributed by atoms with Gasteiger partial charge in [0.1, 0.15) is 0 Å². The second kappa shape index (κ2) is 10.8. The Bertz CT molecular complexity index is 2220. The fraction of sp³-hybridized carbons (Fsp3) is 0. The summed E-state index contributed by atoms with van der Waals surface area (Å²) in [5, 5.41) is 2.63. The highest BCUT2D eigenvalue weighted by Crippen LogP contribution is 2.36. The van der Waals surface area contributed by atoms with Gasteiger partial charge >= 0.3 is 0 Å². The first kappa shape index (κ1) is 25.3. The summed E-state index contributed by atoms with van der Waals surface area (Å²) in [4.78, 5) is 14.8. The van der Waals surface area contributed by atoms with E-state index in [0.717, 1.165) is 33.4 Å². The van der Waals surface area contributed by atoms with Gasteiger partial charge in [-0.1, -0.05) is 133 Å². The number of aromatic nitrogens is 3. The number of hydrogen-bond acceptors (Lipinski definition) is 4. The molecule has 0 radical (unpaired) electrons. The predicted molar refractivity (Wildman–Crippen MR) is 180 cm³/mol. The Labute approximate surface area is 253 Å². The first-order valence-electron chi connectivity index (χ1n) is 14.3. The molecule has 0 saturated carbocycles. The maximum atomic E-state index is 4.98. The highest BCUT2D eigenvalue weighted by molar-refractivity contribution is 7.25. The Morgan fingerprint density at radius 2 is 0.767 bits per heavy atom. The maximum Gasteiger partial charge on any atom is 0.164 e. The number of fused-ring (bicyclic) bond motifs is 3. The van der Waals surface area contributed by atoms with Crippen LogP contribution in [0.15, 0.2) is 152 Å². The SMILES string of the molecule is c1ccc(-c2cccc(-c3nc(-c4ccccc4)nc(-c4ccc(-c5ccc6c(c5)sc5ccccc56)cc4)n3)c2)cc1. The van der Waals surface area contributed by atoms with E-state index in [1.165, 1.54) is 25.7 Å². The molecule has 0 aliphatic heterocycles. The molecule has 6 aromatic carbocycles. The summed E-state index contributed by atoms with van der Waals surface area (Å²) < 4.78 is 2.62. The Kier molecular flexibility index (Phi) is 6.32. The van der Waals surface area contributed by atoms with Crippen LogP contribution in [0.2, 0.25) is 0 Å². The van der Waals surface area contributed by atoms with Crippen molar-refractivity contribution in [3.63, 3.8) is 0 Å². The third-order valence-electron chi connectivity index (χ3n) is 7.75. The van der Waals surface area contributed by atoms with E-state index in [2.05, 4.69) is 115 Å². The molecule has 8 aromatic rings. The van der Waals surface area contributed by atoms with Crippen molar-refractivity contribution in [2.45, 2.75) is 0 Å². The summed E-state index contributed by atoms with van der Waals surface area (Å²) in [7, 11) is 0. The Morgan fingerprint density at radius 3 is 1.51 bits per heavy atom. The Balaban J connectivity index is 1.19. The average molecular weight is 568 g/mol. The summed E-state index contributed by atoms with van der Waals surface area (Å²) >= 11 is 1.84. The molecular formula is C39H25N3S. The molecule has 0 N–H and O–H groups in total. The molecule has 2 aromatic heterocycles. The van der Waals surface area contributed by atoms with Gasteiger partial charge in [0, 0.05) is 36.9 Å². The third-order valence-corrected chi connectivity index (χ3v) is 8.88. The van der Waals surface area contributed by atoms with Crippen LogP contribution in [-0.4, -0.2) is 15.0 Å². The van der Waals surface area contributed by atoms with Gasteiger partial charge in [-0.25, -0.2) is 15.0 Å². The van der Waals surface area contributed by atoms with Crippen LogP contribution in [0, 0.1) is 0 Å². The highest BCUT2D eigenvalue weighted by atomic mass is 32.1. The van der Waals surface area contributed by atoms with E-state index in [4.69, 9.17) is 15.0 Å². The van der Waals surface area contributed by atoms with Gasteiger partial charge in [-0.15, -0.1) is 11.3 Å². The fourth-order valence-electron chi connectivity index (χ4n) is 5.54. The second-order valence-corrected chi connectivity index (χ2v) is 11.6. The van der Waals surface area contributed by atoms with Crippen molar-refractivity contribution >= 4 is 31.5 Å². The monoisotopic (exact) mass is 567 g/mol. The lowest BCUT2D eigenvalue weighted by atomic mass is 10.0. The summed E-state index contributed by atoms with van der Waals surface area (Å²) in [5.41, 5.74) is 7.51. The van der Waals surface area contributed by atoms with Crippen LogP contribution in [-0.2, 0) is 0 Å². The van der Waals surface area contributed by atoms with Gasteiger partial charge in [-0.3, -0.25) is 0 Å². The first-order valence-corrected chi connectivity index (χ1v) is 15.1. The number of hydrogen-bond donors (Lipinski definition) is 0. The van der Waals surface area contributed by atoms with Crippen LogP contribution >= 0.6 is 11.3 Å². The molecule has 3 nitrogen and oxygen atoms in total. The zero-order valence-corrected chi connectivity index (χ0v) is 24.0. The van der Waals surface area contributed by atoms with E-state index >= 15 is 0 Å². The van der Waals surface area contributed by atoms with Crippen LogP contribution in [0.4, 0.5) is 0 Å². The van der Waals surface area contributed by atoms with E-state index < -0.39 is 0 Å². The van der Waals surface area contributed by atoms with Crippen molar-refractivity contribution in [3.8, 4) is 56.4 Å². The minimum atomic E-state index is 0.653. The molecule has 202 valence electrons. The van der Waals surface area contributed by atoms with Crippen molar-refractivity contribution < 1.29 is 0 Å². The smallest absolute Gasteiger partial charge is 0.164 e. The number of benzene rings is 6. The van der Waals surface area contributed by atoms with Crippen molar-refractivity contribution in [2.24, 2.45) is 0 Å². The molecule has 4 heteroatoms. The largest absolute Gasteiger partial charge is 0.208 e. The molecule has 0 aliphatic carbocycles. The van der Waals surface area contributed by atoms with E-state index in [1.807, 2.05) is 47.7 Å². The molecule has 8 rings (SSSR count). The van der Waals surface area contributed by atoms with Crippen molar-refractivity contribution in [1.29, 1.82) is 0 Å². The third kappa shape index (κ3) is 4.88. The molecule has 0 spiro atoms. The molecule has 0 bridgehead atoms. The first-order chi connectivity index (χ1) is 21.3. The lowest BCUT2D eigenvalue weighted by molar-refractivity contribution is 1.07. The van der Waals surface area contributed by atoms with Gasteiger partial charge in [-0.05, 0) is 40.5 Å². The topological polar surface area (TPSA) is 38.7 Å². The van der Waals surface area contributed by atoms with Gasteiger partial charge in [-0.2, -0.15) is 0 Å². The van der Waals surface area contributed by atoms with Crippen LogP contribution in [0.1, 0.15) is 0 Å². The molecule has 0 unspecified atom stereocenters. The van der Waals surface area contributed by atoms with Crippen molar-refractivity contribution in [3.05, 3.63) is 152 Å². The van der Waals surface area contributed by atoms with Crippen LogP contribution in [0.5, 0.6) is 0 Å². The lowest BCUT2D eigenvalue weighted by Crippen LogP contribution is -2.00. The van der Waals surface area contributed by atoms with Crippen LogP contribution in [0.25, 0.3) is 76.6 Å². The summed E-state index contributed by atoms with van der Waals surface area (Å²) in [5.74, 6) is 1.96. The van der Waals surface area contributed by atoms with Gasteiger partial charge in [0.25, 0.3) is 0 Å². The molecular weight excluding hydrogens is 543 g/mol. The normalized spacial score (nSPS) is 11.3. The van der Waals surface area contributed by atoms with Gasteiger partial charge in [0.05, 0.1) is 0 Å². The quantitative estimate of drug-likeness (QED) is 0.208. The Hall–Kier alpha value is -5.45. The number of rotatable bonds is 5. The number of nitrogens with zero attached hydrogens (tertiary/aromatic N) is 3. The predicted octanol–water partition coefficient (Wildman–Crippen LogP) is 10.6. The average Bonchev–Trinajstić information content (AvgIpc) is 3.47. The van der Waals surface area contributed by atoms with Gasteiger partial charge in [0.15, 0.2) is 17.5 Å². The fourth-order valence-corrected chi connectivity index (χ4v) is 6.68. The van der Waals surface area contributed by atoms with Crippen molar-refractivity contribution in [2.75, 3.05) is 0 Å². The van der Waals surface area contributed by atoms with Crippen molar-refractivity contribution in [1.82, 2.24) is 15.0 Å². The minimum Gasteiger partial charge on any atom is -0.208 e. The number of thiophene rings is 1. The molecule has 0 aliphatic rings. The minimum absolute atomic E-state index is 0.653. The Morgan fingerprint density at radius 1 is 0.302 bits per heavy atom. The summed E-state index contributed by atoms with van der Waals surface area (Å²) in [6, 6.07) is 52.8.